The van der Waals surface area contributed by atoms with Crippen molar-refractivity contribution in [2.45, 2.75) is 38.6 Å². The van der Waals surface area contributed by atoms with E-state index in [9.17, 15) is 4.79 Å². The van der Waals surface area contributed by atoms with Crippen molar-refractivity contribution in [1.29, 1.82) is 0 Å². The van der Waals surface area contributed by atoms with E-state index in [1.807, 2.05) is 4.68 Å². The van der Waals surface area contributed by atoms with Crippen molar-refractivity contribution in [3.05, 3.63) is 28.5 Å². The highest BCUT2D eigenvalue weighted by atomic mass is 79.9. The molecule has 1 unspecified atom stereocenters. The second-order valence-electron chi connectivity index (χ2n) is 5.22. The number of carbonyl (C=O) groups excluding carboxylic acids is 1. The number of fused-ring (bicyclic) bond motifs is 1. The van der Waals surface area contributed by atoms with Crippen molar-refractivity contribution in [2.75, 3.05) is 7.11 Å². The molecule has 22 heavy (non-hydrogen) atoms. The number of nitrogens with one attached hydrogen (secondary N) is 1. The summed E-state index contributed by atoms with van der Waals surface area (Å²) in [6, 6.07) is 0.0658. The van der Waals surface area contributed by atoms with Gasteiger partial charge < -0.3 is 10.1 Å². The van der Waals surface area contributed by atoms with E-state index in [1.54, 1.807) is 24.2 Å². The van der Waals surface area contributed by atoms with Gasteiger partial charge in [-0.05, 0) is 22.4 Å². The Morgan fingerprint density at radius 3 is 3.18 bits per heavy atom. The van der Waals surface area contributed by atoms with E-state index in [-0.39, 0.29) is 18.5 Å². The van der Waals surface area contributed by atoms with Gasteiger partial charge in [-0.3, -0.25) is 9.48 Å². The van der Waals surface area contributed by atoms with E-state index < -0.39 is 0 Å². The Hall–Kier alpha value is -1.74. The molecule has 0 fully saturated rings. The molecular weight excluding hydrogens is 352 g/mol. The third-order valence-corrected chi connectivity index (χ3v) is 3.86. The Balaban J connectivity index is 1.56. The first-order valence-corrected chi connectivity index (χ1v) is 7.82. The SMILES string of the molecule is COCc1nc2n(n1)CC(NC(=O)Cn1cc(Br)cn1)CC2. The molecule has 0 bridgehead atoms. The average Bonchev–Trinajstić information content (AvgIpc) is 3.04. The zero-order chi connectivity index (χ0) is 15.5. The van der Waals surface area contributed by atoms with Crippen LogP contribution in [0.4, 0.5) is 0 Å². The minimum absolute atomic E-state index is 0.0544. The summed E-state index contributed by atoms with van der Waals surface area (Å²) >= 11 is 3.31. The van der Waals surface area contributed by atoms with Gasteiger partial charge in [0.1, 0.15) is 19.0 Å². The van der Waals surface area contributed by atoms with Crippen LogP contribution in [0.5, 0.6) is 0 Å². The van der Waals surface area contributed by atoms with Crippen molar-refractivity contribution in [3.8, 4) is 0 Å². The van der Waals surface area contributed by atoms with Crippen LogP contribution in [-0.2, 0) is 35.6 Å². The second kappa shape index (κ2) is 6.57. The van der Waals surface area contributed by atoms with Gasteiger partial charge in [-0.2, -0.15) is 10.2 Å². The van der Waals surface area contributed by atoms with E-state index in [4.69, 9.17) is 4.74 Å². The molecule has 8 nitrogen and oxygen atoms in total. The molecule has 0 radical (unpaired) electrons. The van der Waals surface area contributed by atoms with E-state index in [0.29, 0.717) is 19.0 Å². The van der Waals surface area contributed by atoms with Crippen LogP contribution in [0.25, 0.3) is 0 Å². The van der Waals surface area contributed by atoms with Crippen molar-refractivity contribution >= 4 is 21.8 Å². The van der Waals surface area contributed by atoms with E-state index in [1.165, 1.54) is 0 Å². The summed E-state index contributed by atoms with van der Waals surface area (Å²) in [6.07, 6.45) is 5.09. The topological polar surface area (TPSA) is 86.9 Å². The number of methoxy groups -OCH3 is 1. The maximum absolute atomic E-state index is 12.1. The standard InChI is InChI=1S/C13H17BrN6O2/c1-22-8-11-17-12-3-2-10(6-20(12)18-11)16-13(21)7-19-5-9(14)4-15-19/h4-5,10H,2-3,6-8H2,1H3,(H,16,21). The Labute approximate surface area is 136 Å². The fourth-order valence-electron chi connectivity index (χ4n) is 2.51. The molecule has 0 aromatic carbocycles. The largest absolute Gasteiger partial charge is 0.377 e. The molecule has 0 saturated heterocycles. The van der Waals surface area contributed by atoms with Gasteiger partial charge >= 0.3 is 0 Å². The number of halogens is 1. The minimum atomic E-state index is -0.0544. The van der Waals surface area contributed by atoms with Crippen LogP contribution in [0, 0.1) is 0 Å². The average molecular weight is 369 g/mol. The first-order valence-electron chi connectivity index (χ1n) is 7.03. The van der Waals surface area contributed by atoms with Gasteiger partial charge in [0.2, 0.25) is 5.91 Å². The first kappa shape index (κ1) is 15.2. The molecule has 0 spiro atoms. The zero-order valence-electron chi connectivity index (χ0n) is 12.2. The minimum Gasteiger partial charge on any atom is -0.377 e. The fraction of sp³-hybridized carbons (Fsp3) is 0.538. The van der Waals surface area contributed by atoms with E-state index in [0.717, 1.165) is 23.1 Å². The molecule has 9 heteroatoms. The lowest BCUT2D eigenvalue weighted by Crippen LogP contribution is -2.42. The molecule has 1 N–H and O–H groups in total. The molecule has 2 aromatic rings. The lowest BCUT2D eigenvalue weighted by atomic mass is 10.1. The van der Waals surface area contributed by atoms with Crippen molar-refractivity contribution < 1.29 is 9.53 Å². The number of carbonyl (C=O) groups is 1. The van der Waals surface area contributed by atoms with Crippen LogP contribution < -0.4 is 5.32 Å². The van der Waals surface area contributed by atoms with Crippen molar-refractivity contribution in [2.24, 2.45) is 0 Å². The van der Waals surface area contributed by atoms with Gasteiger partial charge in [0.15, 0.2) is 5.82 Å². The number of aryl methyl sites for hydroxylation is 1. The van der Waals surface area contributed by atoms with Gasteiger partial charge in [-0.25, -0.2) is 9.67 Å². The fourth-order valence-corrected chi connectivity index (χ4v) is 2.84. The molecule has 1 amide bonds. The number of nitrogens with zero attached hydrogens (tertiary/aromatic N) is 5. The van der Waals surface area contributed by atoms with Crippen LogP contribution in [0.15, 0.2) is 16.9 Å². The molecule has 3 rings (SSSR count). The predicted molar refractivity (Wildman–Crippen MR) is 80.9 cm³/mol. The highest BCUT2D eigenvalue weighted by Crippen LogP contribution is 2.13. The van der Waals surface area contributed by atoms with Crippen molar-refractivity contribution in [1.82, 2.24) is 29.9 Å². The molecular formula is C13H17BrN6O2. The molecule has 118 valence electrons. The smallest absolute Gasteiger partial charge is 0.242 e. The molecule has 2 aromatic heterocycles. The van der Waals surface area contributed by atoms with Gasteiger partial charge in [0, 0.05) is 25.8 Å². The van der Waals surface area contributed by atoms with E-state index >= 15 is 0 Å². The summed E-state index contributed by atoms with van der Waals surface area (Å²) in [7, 11) is 1.62. The Morgan fingerprint density at radius 2 is 2.45 bits per heavy atom. The lowest BCUT2D eigenvalue weighted by Gasteiger charge is -2.23. The number of amides is 1. The second-order valence-corrected chi connectivity index (χ2v) is 6.13. The predicted octanol–water partition coefficient (Wildman–Crippen LogP) is 0.515. The first-order chi connectivity index (χ1) is 10.6. The highest BCUT2D eigenvalue weighted by Gasteiger charge is 2.23. The van der Waals surface area contributed by atoms with Gasteiger partial charge in [-0.1, -0.05) is 0 Å². The Morgan fingerprint density at radius 1 is 1.59 bits per heavy atom. The molecule has 3 heterocycles. The summed E-state index contributed by atoms with van der Waals surface area (Å²) in [5.74, 6) is 1.58. The quantitative estimate of drug-likeness (QED) is 0.830. The van der Waals surface area contributed by atoms with Crippen molar-refractivity contribution in [3.63, 3.8) is 0 Å². The number of ether oxygens (including phenoxy) is 1. The molecule has 1 aliphatic heterocycles. The highest BCUT2D eigenvalue weighted by molar-refractivity contribution is 9.10. The monoisotopic (exact) mass is 368 g/mol. The molecule has 1 aliphatic rings. The molecule has 0 saturated carbocycles. The summed E-state index contributed by atoms with van der Waals surface area (Å²) in [4.78, 5) is 16.5. The number of hydrogen-bond acceptors (Lipinski definition) is 5. The van der Waals surface area contributed by atoms with Crippen LogP contribution >= 0.6 is 15.9 Å². The summed E-state index contributed by atoms with van der Waals surface area (Å²) in [5, 5.41) is 11.5. The summed E-state index contributed by atoms with van der Waals surface area (Å²) in [6.45, 7) is 1.26. The van der Waals surface area contributed by atoms with Gasteiger partial charge in [0.25, 0.3) is 0 Å². The lowest BCUT2D eigenvalue weighted by molar-refractivity contribution is -0.122. The molecule has 0 aliphatic carbocycles. The van der Waals surface area contributed by atoms with Gasteiger partial charge in [0.05, 0.1) is 17.2 Å². The third-order valence-electron chi connectivity index (χ3n) is 3.45. The Bertz CT molecular complexity index is 667. The van der Waals surface area contributed by atoms with Crippen LogP contribution in [0.3, 0.4) is 0 Å². The van der Waals surface area contributed by atoms with E-state index in [2.05, 4.69) is 36.4 Å². The number of hydrogen-bond donors (Lipinski definition) is 1. The van der Waals surface area contributed by atoms with Crippen LogP contribution in [-0.4, -0.2) is 43.6 Å². The molecule has 1 atom stereocenters. The maximum Gasteiger partial charge on any atom is 0.242 e. The van der Waals surface area contributed by atoms with Crippen LogP contribution in [0.1, 0.15) is 18.1 Å². The number of rotatable bonds is 5. The normalized spacial score (nSPS) is 17.3. The third kappa shape index (κ3) is 3.53. The van der Waals surface area contributed by atoms with Crippen LogP contribution in [0.2, 0.25) is 0 Å². The Kier molecular flexibility index (Phi) is 4.53. The summed E-state index contributed by atoms with van der Waals surface area (Å²) in [5.41, 5.74) is 0. The summed E-state index contributed by atoms with van der Waals surface area (Å²) < 4.78 is 9.35. The zero-order valence-corrected chi connectivity index (χ0v) is 13.8. The maximum atomic E-state index is 12.1. The van der Waals surface area contributed by atoms with Gasteiger partial charge in [-0.15, -0.1) is 0 Å². The number of aromatic nitrogens is 5.